The molecule has 1 rings (SSSR count). The quantitative estimate of drug-likeness (QED) is 0.726. The van der Waals surface area contributed by atoms with Crippen LogP contribution in [0.25, 0.3) is 0 Å². The predicted molar refractivity (Wildman–Crippen MR) is 62.6 cm³/mol. The van der Waals surface area contributed by atoms with Gasteiger partial charge in [-0.15, -0.1) is 0 Å². The fraction of sp³-hybridized carbons (Fsp3) is 1.00. The third-order valence-corrected chi connectivity index (χ3v) is 3.19. The molecule has 1 heterocycles. The maximum atomic E-state index is 3.59. The lowest BCUT2D eigenvalue weighted by molar-refractivity contribution is 0.287. The van der Waals surface area contributed by atoms with Gasteiger partial charge in [0.25, 0.3) is 0 Å². The Bertz CT molecular complexity index is 179. The minimum absolute atomic E-state index is 0.253. The van der Waals surface area contributed by atoms with Crippen LogP contribution in [0.5, 0.6) is 0 Å². The van der Waals surface area contributed by atoms with E-state index in [1.165, 1.54) is 19.4 Å². The largest absolute Gasteiger partial charge is 0.313 e. The Hall–Kier alpha value is -0.0800. The summed E-state index contributed by atoms with van der Waals surface area (Å²) in [4.78, 5) is 0. The van der Waals surface area contributed by atoms with Crippen molar-refractivity contribution in [2.24, 2.45) is 5.41 Å². The highest BCUT2D eigenvalue weighted by Crippen LogP contribution is 2.31. The highest BCUT2D eigenvalue weighted by Gasteiger charge is 2.33. The van der Waals surface area contributed by atoms with Crippen LogP contribution in [0.2, 0.25) is 0 Å². The number of hydrogen-bond donors (Lipinski definition) is 2. The Balaban J connectivity index is 2.25. The van der Waals surface area contributed by atoms with Crippen LogP contribution in [0.15, 0.2) is 0 Å². The monoisotopic (exact) mass is 198 g/mol. The third-order valence-electron chi connectivity index (χ3n) is 3.19. The topological polar surface area (TPSA) is 24.1 Å². The molecule has 0 amide bonds. The maximum Gasteiger partial charge on any atom is 0.0131 e. The van der Waals surface area contributed by atoms with Gasteiger partial charge in [-0.25, -0.2) is 0 Å². The molecule has 0 saturated carbocycles. The van der Waals surface area contributed by atoms with Crippen LogP contribution in [0, 0.1) is 5.41 Å². The molecule has 1 aliphatic rings. The first-order valence-corrected chi connectivity index (χ1v) is 5.80. The van der Waals surface area contributed by atoms with Gasteiger partial charge in [-0.2, -0.15) is 0 Å². The fourth-order valence-electron chi connectivity index (χ4n) is 2.10. The van der Waals surface area contributed by atoms with Crippen LogP contribution in [0.1, 0.15) is 47.5 Å². The summed E-state index contributed by atoms with van der Waals surface area (Å²) in [5.74, 6) is 0. The van der Waals surface area contributed by atoms with Crippen molar-refractivity contribution in [2.45, 2.75) is 59.0 Å². The van der Waals surface area contributed by atoms with Gasteiger partial charge in [-0.3, -0.25) is 0 Å². The lowest BCUT2D eigenvalue weighted by atomic mass is 9.83. The Morgan fingerprint density at radius 3 is 2.43 bits per heavy atom. The summed E-state index contributed by atoms with van der Waals surface area (Å²) in [6, 6.07) is 0.692. The van der Waals surface area contributed by atoms with Gasteiger partial charge in [0, 0.05) is 11.6 Å². The summed E-state index contributed by atoms with van der Waals surface area (Å²) in [5, 5.41) is 7.14. The summed E-state index contributed by atoms with van der Waals surface area (Å²) in [6.45, 7) is 13.7. The molecule has 0 aromatic rings. The first kappa shape index (κ1) is 12.0. The zero-order valence-corrected chi connectivity index (χ0v) is 10.4. The van der Waals surface area contributed by atoms with Gasteiger partial charge < -0.3 is 10.6 Å². The van der Waals surface area contributed by atoms with Crippen molar-refractivity contribution in [3.63, 3.8) is 0 Å². The Kier molecular flexibility index (Phi) is 3.59. The summed E-state index contributed by atoms with van der Waals surface area (Å²) in [6.07, 6.45) is 2.55. The molecular formula is C12H26N2. The molecule has 1 saturated heterocycles. The van der Waals surface area contributed by atoms with Gasteiger partial charge in [0.1, 0.15) is 0 Å². The SMILES string of the molecule is CC(C)(C)NCCC1NCCC1(C)C. The zero-order valence-electron chi connectivity index (χ0n) is 10.4. The minimum Gasteiger partial charge on any atom is -0.313 e. The van der Waals surface area contributed by atoms with E-state index in [1.54, 1.807) is 0 Å². The van der Waals surface area contributed by atoms with E-state index in [0.29, 0.717) is 11.5 Å². The molecule has 0 aliphatic carbocycles. The average Bonchev–Trinajstić information content (AvgIpc) is 2.28. The summed E-state index contributed by atoms with van der Waals surface area (Å²) >= 11 is 0. The van der Waals surface area contributed by atoms with E-state index in [9.17, 15) is 0 Å². The zero-order chi connectivity index (χ0) is 10.8. The molecule has 0 bridgehead atoms. The van der Waals surface area contributed by atoms with E-state index >= 15 is 0 Å². The van der Waals surface area contributed by atoms with Crippen LogP contribution < -0.4 is 10.6 Å². The smallest absolute Gasteiger partial charge is 0.0131 e. The first-order valence-electron chi connectivity index (χ1n) is 5.80. The second kappa shape index (κ2) is 4.19. The molecule has 0 aromatic carbocycles. The number of hydrogen-bond acceptors (Lipinski definition) is 2. The van der Waals surface area contributed by atoms with Crippen LogP contribution in [-0.2, 0) is 0 Å². The Morgan fingerprint density at radius 1 is 1.36 bits per heavy atom. The van der Waals surface area contributed by atoms with E-state index in [2.05, 4.69) is 45.3 Å². The Morgan fingerprint density at radius 2 is 2.00 bits per heavy atom. The molecular weight excluding hydrogens is 172 g/mol. The standard InChI is InChI=1S/C12H26N2/c1-11(2,3)14-8-6-10-12(4,5)7-9-13-10/h10,13-14H,6-9H2,1-5H3. The van der Waals surface area contributed by atoms with Crippen molar-refractivity contribution < 1.29 is 0 Å². The van der Waals surface area contributed by atoms with Gasteiger partial charge in [0.15, 0.2) is 0 Å². The highest BCUT2D eigenvalue weighted by atomic mass is 15.0. The summed E-state index contributed by atoms with van der Waals surface area (Å²) < 4.78 is 0. The molecule has 1 atom stereocenters. The summed E-state index contributed by atoms with van der Waals surface area (Å²) in [7, 11) is 0. The fourth-order valence-corrected chi connectivity index (χ4v) is 2.10. The molecule has 0 spiro atoms. The number of nitrogens with one attached hydrogen (secondary N) is 2. The third kappa shape index (κ3) is 3.58. The van der Waals surface area contributed by atoms with Crippen LogP contribution in [0.4, 0.5) is 0 Å². The predicted octanol–water partition coefficient (Wildman–Crippen LogP) is 2.15. The molecule has 0 aromatic heterocycles. The lowest BCUT2D eigenvalue weighted by Crippen LogP contribution is -2.41. The van der Waals surface area contributed by atoms with Gasteiger partial charge in [0.05, 0.1) is 0 Å². The van der Waals surface area contributed by atoms with E-state index < -0.39 is 0 Å². The molecule has 1 unspecified atom stereocenters. The molecule has 14 heavy (non-hydrogen) atoms. The van der Waals surface area contributed by atoms with Gasteiger partial charge in [0.2, 0.25) is 0 Å². The van der Waals surface area contributed by atoms with Crippen molar-refractivity contribution >= 4 is 0 Å². The molecule has 84 valence electrons. The molecule has 2 heteroatoms. The van der Waals surface area contributed by atoms with Crippen LogP contribution in [-0.4, -0.2) is 24.7 Å². The van der Waals surface area contributed by atoms with Gasteiger partial charge in [-0.1, -0.05) is 13.8 Å². The second-order valence-electron chi connectivity index (χ2n) is 6.21. The van der Waals surface area contributed by atoms with E-state index in [0.717, 1.165) is 6.54 Å². The van der Waals surface area contributed by atoms with Crippen LogP contribution >= 0.6 is 0 Å². The van der Waals surface area contributed by atoms with Crippen molar-refractivity contribution in [3.8, 4) is 0 Å². The van der Waals surface area contributed by atoms with E-state index in [-0.39, 0.29) is 5.54 Å². The van der Waals surface area contributed by atoms with E-state index in [4.69, 9.17) is 0 Å². The van der Waals surface area contributed by atoms with Gasteiger partial charge >= 0.3 is 0 Å². The van der Waals surface area contributed by atoms with E-state index in [1.807, 2.05) is 0 Å². The van der Waals surface area contributed by atoms with Crippen molar-refractivity contribution in [3.05, 3.63) is 0 Å². The molecule has 1 fully saturated rings. The highest BCUT2D eigenvalue weighted by molar-refractivity contribution is 4.91. The molecule has 2 N–H and O–H groups in total. The molecule has 1 aliphatic heterocycles. The van der Waals surface area contributed by atoms with Gasteiger partial charge in [-0.05, 0) is 52.1 Å². The molecule has 2 nitrogen and oxygen atoms in total. The van der Waals surface area contributed by atoms with Crippen molar-refractivity contribution in [2.75, 3.05) is 13.1 Å². The number of rotatable bonds is 3. The molecule has 0 radical (unpaired) electrons. The Labute approximate surface area is 88.8 Å². The maximum absolute atomic E-state index is 3.59. The lowest BCUT2D eigenvalue weighted by Gasteiger charge is -2.28. The van der Waals surface area contributed by atoms with Crippen LogP contribution in [0.3, 0.4) is 0 Å². The normalized spacial score (nSPS) is 26.8. The first-order chi connectivity index (χ1) is 6.31. The second-order valence-corrected chi connectivity index (χ2v) is 6.21. The minimum atomic E-state index is 0.253. The summed E-state index contributed by atoms with van der Waals surface area (Å²) in [5.41, 5.74) is 0.738. The van der Waals surface area contributed by atoms with Crippen molar-refractivity contribution in [1.82, 2.24) is 10.6 Å². The average molecular weight is 198 g/mol. The van der Waals surface area contributed by atoms with Crippen molar-refractivity contribution in [1.29, 1.82) is 0 Å².